The van der Waals surface area contributed by atoms with Crippen molar-refractivity contribution < 1.29 is 13.9 Å². The maximum atomic E-state index is 11.9. The monoisotopic (exact) mass is 301 g/mol. The normalized spacial score (nSPS) is 10.5. The molecule has 0 unspecified atom stereocenters. The van der Waals surface area contributed by atoms with E-state index in [1.54, 1.807) is 0 Å². The molecule has 0 saturated heterocycles. The number of carbonyl (C=O) groups is 1. The first kappa shape index (κ1) is 15.8. The molecule has 0 atom stereocenters. The molecule has 0 aliphatic carbocycles. The Labute approximate surface area is 128 Å². The SMILES string of the molecule is C=C(C)C(=O)Oc1cc2ccc(N(CC)CC)cc2oc1=O. The summed E-state index contributed by atoms with van der Waals surface area (Å²) >= 11 is 0. The van der Waals surface area contributed by atoms with Gasteiger partial charge in [-0.1, -0.05) is 6.58 Å². The maximum absolute atomic E-state index is 11.9. The molecule has 0 bridgehead atoms. The zero-order chi connectivity index (χ0) is 16.3. The van der Waals surface area contributed by atoms with E-state index in [2.05, 4.69) is 25.3 Å². The van der Waals surface area contributed by atoms with Crippen molar-refractivity contribution in [3.8, 4) is 5.75 Å². The first-order valence-corrected chi connectivity index (χ1v) is 7.16. The lowest BCUT2D eigenvalue weighted by Gasteiger charge is -2.20. The number of esters is 1. The fraction of sp³-hybridized carbons (Fsp3) is 0.294. The van der Waals surface area contributed by atoms with Gasteiger partial charge < -0.3 is 14.1 Å². The predicted octanol–water partition coefficient (Wildman–Crippen LogP) is 3.12. The van der Waals surface area contributed by atoms with Crippen molar-refractivity contribution in [2.24, 2.45) is 0 Å². The van der Waals surface area contributed by atoms with Gasteiger partial charge in [-0.2, -0.15) is 0 Å². The van der Waals surface area contributed by atoms with E-state index < -0.39 is 11.6 Å². The third-order valence-electron chi connectivity index (χ3n) is 3.37. The van der Waals surface area contributed by atoms with Gasteiger partial charge in [0.2, 0.25) is 5.75 Å². The molecule has 0 amide bonds. The molecule has 22 heavy (non-hydrogen) atoms. The quantitative estimate of drug-likeness (QED) is 0.482. The summed E-state index contributed by atoms with van der Waals surface area (Å²) in [6.45, 7) is 10.8. The van der Waals surface area contributed by atoms with Crippen molar-refractivity contribution in [3.63, 3.8) is 0 Å². The molecular formula is C17H19NO4. The van der Waals surface area contributed by atoms with E-state index in [4.69, 9.17) is 9.15 Å². The van der Waals surface area contributed by atoms with Gasteiger partial charge >= 0.3 is 11.6 Å². The van der Waals surface area contributed by atoms with E-state index in [1.807, 2.05) is 18.2 Å². The standard InChI is InChI=1S/C17H19NO4/c1-5-18(6-2)13-8-7-12-9-15(22-16(19)11(3)4)17(20)21-14(12)10-13/h7-10H,3,5-6H2,1-2,4H3. The minimum atomic E-state index is -0.682. The van der Waals surface area contributed by atoms with Crippen LogP contribution in [0.4, 0.5) is 5.69 Å². The molecule has 0 saturated carbocycles. The van der Waals surface area contributed by atoms with E-state index >= 15 is 0 Å². The molecule has 2 rings (SSSR count). The van der Waals surface area contributed by atoms with Crippen LogP contribution in [-0.4, -0.2) is 19.1 Å². The second-order valence-electron chi connectivity index (χ2n) is 4.96. The summed E-state index contributed by atoms with van der Waals surface area (Å²) in [5.74, 6) is -0.775. The van der Waals surface area contributed by atoms with Gasteiger partial charge in [0.1, 0.15) is 5.58 Å². The number of carbonyl (C=O) groups excluding carboxylic acids is 1. The molecule has 0 aliphatic rings. The summed E-state index contributed by atoms with van der Waals surface area (Å²) < 4.78 is 10.2. The maximum Gasteiger partial charge on any atom is 0.379 e. The Kier molecular flexibility index (Phi) is 4.65. The highest BCUT2D eigenvalue weighted by atomic mass is 16.5. The van der Waals surface area contributed by atoms with Crippen LogP contribution in [0.15, 0.2) is 45.6 Å². The smallest absolute Gasteiger partial charge is 0.379 e. The van der Waals surface area contributed by atoms with E-state index in [0.29, 0.717) is 11.0 Å². The largest absolute Gasteiger partial charge is 0.420 e. The Morgan fingerprint density at radius 2 is 1.95 bits per heavy atom. The van der Waals surface area contributed by atoms with Gasteiger partial charge in [-0.15, -0.1) is 0 Å². The molecule has 0 fully saturated rings. The minimum absolute atomic E-state index is 0.129. The summed E-state index contributed by atoms with van der Waals surface area (Å²) in [6, 6.07) is 7.10. The second-order valence-corrected chi connectivity index (χ2v) is 4.96. The van der Waals surface area contributed by atoms with Crippen LogP contribution in [-0.2, 0) is 4.79 Å². The van der Waals surface area contributed by atoms with Crippen LogP contribution in [0.1, 0.15) is 20.8 Å². The minimum Gasteiger partial charge on any atom is -0.420 e. The Hall–Kier alpha value is -2.56. The van der Waals surface area contributed by atoms with Crippen molar-refractivity contribution >= 4 is 22.6 Å². The van der Waals surface area contributed by atoms with Gasteiger partial charge in [-0.25, -0.2) is 9.59 Å². The number of hydrogen-bond donors (Lipinski definition) is 0. The fourth-order valence-corrected chi connectivity index (χ4v) is 2.12. The number of nitrogens with zero attached hydrogens (tertiary/aromatic N) is 1. The van der Waals surface area contributed by atoms with Crippen LogP contribution < -0.4 is 15.3 Å². The zero-order valence-corrected chi connectivity index (χ0v) is 13.0. The molecule has 0 spiro atoms. The molecule has 1 heterocycles. The predicted molar refractivity (Wildman–Crippen MR) is 86.5 cm³/mol. The van der Waals surface area contributed by atoms with Crippen molar-refractivity contribution in [2.45, 2.75) is 20.8 Å². The van der Waals surface area contributed by atoms with Gasteiger partial charge in [0, 0.05) is 35.8 Å². The first-order valence-electron chi connectivity index (χ1n) is 7.16. The van der Waals surface area contributed by atoms with Gasteiger partial charge in [-0.05, 0) is 39.0 Å². The van der Waals surface area contributed by atoms with Gasteiger partial charge in [0.25, 0.3) is 0 Å². The summed E-state index contributed by atoms with van der Waals surface area (Å²) in [6.07, 6.45) is 0. The number of fused-ring (bicyclic) bond motifs is 1. The van der Waals surface area contributed by atoms with Crippen LogP contribution in [0, 0.1) is 0 Å². The second kappa shape index (κ2) is 6.47. The molecule has 0 N–H and O–H groups in total. The Morgan fingerprint density at radius 3 is 2.55 bits per heavy atom. The molecule has 1 aromatic carbocycles. The van der Waals surface area contributed by atoms with E-state index in [0.717, 1.165) is 18.8 Å². The molecular weight excluding hydrogens is 282 g/mol. The molecule has 0 aliphatic heterocycles. The van der Waals surface area contributed by atoms with Crippen LogP contribution in [0.2, 0.25) is 0 Å². The molecule has 0 radical (unpaired) electrons. The van der Waals surface area contributed by atoms with Crippen LogP contribution in [0.5, 0.6) is 5.75 Å². The average molecular weight is 301 g/mol. The van der Waals surface area contributed by atoms with Crippen molar-refractivity contribution in [1.29, 1.82) is 0 Å². The molecule has 5 nitrogen and oxygen atoms in total. The number of ether oxygens (including phenoxy) is 1. The molecule has 2 aromatic rings. The first-order chi connectivity index (χ1) is 10.5. The third-order valence-corrected chi connectivity index (χ3v) is 3.37. The zero-order valence-electron chi connectivity index (χ0n) is 13.0. The third kappa shape index (κ3) is 3.19. The number of anilines is 1. The Balaban J connectivity index is 2.44. The van der Waals surface area contributed by atoms with Crippen molar-refractivity contribution in [3.05, 3.63) is 46.8 Å². The number of rotatable bonds is 5. The fourth-order valence-electron chi connectivity index (χ4n) is 2.12. The lowest BCUT2D eigenvalue weighted by Crippen LogP contribution is -2.21. The number of benzene rings is 1. The Morgan fingerprint density at radius 1 is 1.27 bits per heavy atom. The van der Waals surface area contributed by atoms with Crippen molar-refractivity contribution in [1.82, 2.24) is 0 Å². The summed E-state index contributed by atoms with van der Waals surface area (Å²) in [4.78, 5) is 25.6. The highest BCUT2D eigenvalue weighted by Crippen LogP contribution is 2.23. The highest BCUT2D eigenvalue weighted by Gasteiger charge is 2.13. The molecule has 116 valence electrons. The Bertz CT molecular complexity index is 772. The van der Waals surface area contributed by atoms with Gasteiger partial charge in [0.15, 0.2) is 0 Å². The highest BCUT2D eigenvalue weighted by molar-refractivity contribution is 5.89. The average Bonchev–Trinajstić information content (AvgIpc) is 2.49. The van der Waals surface area contributed by atoms with Crippen LogP contribution in [0.3, 0.4) is 0 Å². The van der Waals surface area contributed by atoms with E-state index in [9.17, 15) is 9.59 Å². The topological polar surface area (TPSA) is 59.8 Å². The summed E-state index contributed by atoms with van der Waals surface area (Å²) in [5, 5.41) is 0.694. The van der Waals surface area contributed by atoms with Crippen LogP contribution in [0.25, 0.3) is 11.0 Å². The van der Waals surface area contributed by atoms with Crippen molar-refractivity contribution in [2.75, 3.05) is 18.0 Å². The number of hydrogen-bond acceptors (Lipinski definition) is 5. The van der Waals surface area contributed by atoms with Gasteiger partial charge in [-0.3, -0.25) is 0 Å². The molecule has 5 heteroatoms. The van der Waals surface area contributed by atoms with Crippen LogP contribution >= 0.6 is 0 Å². The van der Waals surface area contributed by atoms with E-state index in [-0.39, 0.29) is 11.3 Å². The van der Waals surface area contributed by atoms with Gasteiger partial charge in [0.05, 0.1) is 0 Å². The lowest BCUT2D eigenvalue weighted by atomic mass is 10.2. The summed E-state index contributed by atoms with van der Waals surface area (Å²) in [7, 11) is 0. The van der Waals surface area contributed by atoms with E-state index in [1.165, 1.54) is 13.0 Å². The lowest BCUT2D eigenvalue weighted by molar-refractivity contribution is -0.130. The summed E-state index contributed by atoms with van der Waals surface area (Å²) in [5.41, 5.74) is 0.979. The molecule has 1 aromatic heterocycles.